The number of halogens is 1. The summed E-state index contributed by atoms with van der Waals surface area (Å²) in [7, 11) is 0. The largest absolute Gasteiger partial charge is 0.354 e. The van der Waals surface area contributed by atoms with Gasteiger partial charge in [0.15, 0.2) is 0 Å². The quantitative estimate of drug-likeness (QED) is 0.287. The molecule has 0 amide bonds. The van der Waals surface area contributed by atoms with Crippen molar-refractivity contribution in [2.24, 2.45) is 0 Å². The molecule has 1 N–H and O–H groups in total. The van der Waals surface area contributed by atoms with E-state index in [1.165, 1.54) is 33.4 Å². The number of hydrogen-bond acceptors (Lipinski definition) is 1. The summed E-state index contributed by atoms with van der Waals surface area (Å²) in [4.78, 5) is 0. The highest BCUT2D eigenvalue weighted by molar-refractivity contribution is 9.10. The van der Waals surface area contributed by atoms with E-state index < -0.39 is 0 Å². The molecular weight excluding hydrogens is 478 g/mol. The first-order valence-electron chi connectivity index (χ1n) is 11.9. The first kappa shape index (κ1) is 24.3. The summed E-state index contributed by atoms with van der Waals surface area (Å²) in [5.41, 5.74) is 9.74. The molecule has 0 bridgehead atoms. The summed E-state index contributed by atoms with van der Waals surface area (Å²) >= 11 is 3.74. The first-order valence-corrected chi connectivity index (χ1v) is 12.7. The zero-order valence-corrected chi connectivity index (χ0v) is 22.6. The minimum absolute atomic E-state index is 0.0285. The van der Waals surface area contributed by atoms with E-state index in [4.69, 9.17) is 0 Å². The molecule has 0 radical (unpaired) electrons. The Labute approximate surface area is 213 Å². The van der Waals surface area contributed by atoms with Crippen molar-refractivity contribution in [2.45, 2.75) is 52.4 Å². The van der Waals surface area contributed by atoms with Crippen molar-refractivity contribution in [1.82, 2.24) is 0 Å². The Hall–Kier alpha value is -2.84. The SMILES string of the molecule is CC(C)(C)c1cc(Br)cc(Nc2c(-c3ccccc3)cc(C(C)(C)C)cc2-c2ccccc2)c1. The Morgan fingerprint density at radius 1 is 0.559 bits per heavy atom. The Balaban J connectivity index is 2.00. The van der Waals surface area contributed by atoms with Crippen LogP contribution in [0.5, 0.6) is 0 Å². The molecule has 4 aromatic rings. The van der Waals surface area contributed by atoms with Crippen LogP contribution in [0.1, 0.15) is 52.7 Å². The maximum atomic E-state index is 3.84. The van der Waals surface area contributed by atoms with Crippen LogP contribution in [0.2, 0.25) is 0 Å². The summed E-state index contributed by atoms with van der Waals surface area (Å²) in [6.45, 7) is 13.6. The van der Waals surface area contributed by atoms with Crippen LogP contribution in [0, 0.1) is 0 Å². The van der Waals surface area contributed by atoms with Crippen LogP contribution in [-0.2, 0) is 10.8 Å². The fourth-order valence-electron chi connectivity index (χ4n) is 4.14. The van der Waals surface area contributed by atoms with E-state index in [9.17, 15) is 0 Å². The molecule has 0 aliphatic carbocycles. The van der Waals surface area contributed by atoms with Gasteiger partial charge < -0.3 is 5.32 Å². The normalized spacial score (nSPS) is 12.0. The second-order valence-electron chi connectivity index (χ2n) is 11.0. The summed E-state index contributed by atoms with van der Waals surface area (Å²) < 4.78 is 1.08. The van der Waals surface area contributed by atoms with Crippen molar-refractivity contribution in [1.29, 1.82) is 0 Å². The fraction of sp³-hybridized carbons (Fsp3) is 0.250. The Morgan fingerprint density at radius 2 is 1.00 bits per heavy atom. The monoisotopic (exact) mass is 511 g/mol. The van der Waals surface area contributed by atoms with Gasteiger partial charge in [0.1, 0.15) is 0 Å². The van der Waals surface area contributed by atoms with Crippen molar-refractivity contribution in [3.05, 3.63) is 107 Å². The van der Waals surface area contributed by atoms with E-state index in [0.717, 1.165) is 15.8 Å². The standard InChI is InChI=1S/C32H34BrN/c1-31(2,3)24-17-26(33)21-27(18-24)34-30-28(22-13-9-7-10-14-22)19-25(32(4,5)6)20-29(30)23-15-11-8-12-16-23/h7-21,34H,1-6H3. The molecular formula is C32H34BrN. The van der Waals surface area contributed by atoms with Crippen LogP contribution in [0.15, 0.2) is 95.5 Å². The Bertz CT molecular complexity index is 1220. The third kappa shape index (κ3) is 5.45. The highest BCUT2D eigenvalue weighted by Crippen LogP contribution is 2.43. The minimum Gasteiger partial charge on any atom is -0.354 e. The van der Waals surface area contributed by atoms with E-state index in [1.807, 2.05) is 0 Å². The van der Waals surface area contributed by atoms with Crippen LogP contribution in [0.4, 0.5) is 11.4 Å². The molecule has 0 atom stereocenters. The molecule has 2 heteroatoms. The maximum Gasteiger partial charge on any atom is 0.0543 e. The average molecular weight is 513 g/mol. The fourth-order valence-corrected chi connectivity index (χ4v) is 4.63. The maximum absolute atomic E-state index is 3.84. The molecule has 1 nitrogen and oxygen atoms in total. The van der Waals surface area contributed by atoms with Gasteiger partial charge in [0, 0.05) is 21.3 Å². The first-order chi connectivity index (χ1) is 16.0. The van der Waals surface area contributed by atoms with Crippen molar-refractivity contribution >= 4 is 27.3 Å². The summed E-state index contributed by atoms with van der Waals surface area (Å²) in [5.74, 6) is 0. The second kappa shape index (κ2) is 9.43. The zero-order valence-electron chi connectivity index (χ0n) is 21.0. The molecule has 174 valence electrons. The van der Waals surface area contributed by atoms with Gasteiger partial charge in [-0.15, -0.1) is 0 Å². The summed E-state index contributed by atoms with van der Waals surface area (Å²) in [6.07, 6.45) is 0. The van der Waals surface area contributed by atoms with E-state index in [2.05, 4.69) is 154 Å². The molecule has 0 saturated carbocycles. The van der Waals surface area contributed by atoms with Gasteiger partial charge in [0.2, 0.25) is 0 Å². The number of anilines is 2. The van der Waals surface area contributed by atoms with Gasteiger partial charge in [-0.3, -0.25) is 0 Å². The predicted octanol–water partition coefficient (Wildman–Crippen LogP) is 10.1. The smallest absolute Gasteiger partial charge is 0.0543 e. The van der Waals surface area contributed by atoms with Gasteiger partial charge >= 0.3 is 0 Å². The van der Waals surface area contributed by atoms with Crippen molar-refractivity contribution < 1.29 is 0 Å². The Morgan fingerprint density at radius 3 is 1.44 bits per heavy atom. The number of nitrogens with one attached hydrogen (secondary N) is 1. The van der Waals surface area contributed by atoms with Gasteiger partial charge in [0.25, 0.3) is 0 Å². The third-order valence-electron chi connectivity index (χ3n) is 6.21. The molecule has 0 aliphatic heterocycles. The topological polar surface area (TPSA) is 12.0 Å². The van der Waals surface area contributed by atoms with Gasteiger partial charge in [-0.05, 0) is 63.4 Å². The molecule has 0 fully saturated rings. The van der Waals surface area contributed by atoms with Gasteiger partial charge in [0.05, 0.1) is 5.69 Å². The highest BCUT2D eigenvalue weighted by atomic mass is 79.9. The molecule has 0 heterocycles. The van der Waals surface area contributed by atoms with Crippen LogP contribution in [0.25, 0.3) is 22.3 Å². The van der Waals surface area contributed by atoms with Crippen molar-refractivity contribution in [2.75, 3.05) is 5.32 Å². The van der Waals surface area contributed by atoms with Crippen LogP contribution in [0.3, 0.4) is 0 Å². The molecule has 0 saturated heterocycles. The van der Waals surface area contributed by atoms with Crippen LogP contribution in [-0.4, -0.2) is 0 Å². The highest BCUT2D eigenvalue weighted by Gasteiger charge is 2.22. The van der Waals surface area contributed by atoms with Gasteiger partial charge in [-0.2, -0.15) is 0 Å². The van der Waals surface area contributed by atoms with E-state index in [0.29, 0.717) is 0 Å². The van der Waals surface area contributed by atoms with Crippen LogP contribution < -0.4 is 5.32 Å². The molecule has 0 aromatic heterocycles. The summed E-state index contributed by atoms with van der Waals surface area (Å²) in [5, 5.41) is 3.84. The average Bonchev–Trinajstić information content (AvgIpc) is 2.78. The lowest BCUT2D eigenvalue weighted by atomic mass is 9.82. The van der Waals surface area contributed by atoms with E-state index in [-0.39, 0.29) is 10.8 Å². The number of rotatable bonds is 4. The van der Waals surface area contributed by atoms with Crippen molar-refractivity contribution in [3.8, 4) is 22.3 Å². The minimum atomic E-state index is 0.0285. The van der Waals surface area contributed by atoms with E-state index >= 15 is 0 Å². The lowest BCUT2D eigenvalue weighted by Gasteiger charge is -2.26. The molecule has 0 aliphatic rings. The third-order valence-corrected chi connectivity index (χ3v) is 6.66. The molecule has 4 aromatic carbocycles. The van der Waals surface area contributed by atoms with Crippen LogP contribution >= 0.6 is 15.9 Å². The van der Waals surface area contributed by atoms with Gasteiger partial charge in [-0.1, -0.05) is 118 Å². The number of hydrogen-bond donors (Lipinski definition) is 1. The lowest BCUT2D eigenvalue weighted by molar-refractivity contribution is 0.590. The zero-order chi connectivity index (χ0) is 24.5. The molecule has 34 heavy (non-hydrogen) atoms. The number of benzene rings is 4. The predicted molar refractivity (Wildman–Crippen MR) is 152 cm³/mol. The van der Waals surface area contributed by atoms with Crippen molar-refractivity contribution in [3.63, 3.8) is 0 Å². The Kier molecular flexibility index (Phi) is 6.73. The second-order valence-corrected chi connectivity index (χ2v) is 11.9. The van der Waals surface area contributed by atoms with E-state index in [1.54, 1.807) is 0 Å². The molecule has 4 rings (SSSR count). The lowest BCUT2D eigenvalue weighted by Crippen LogP contribution is -2.13. The van der Waals surface area contributed by atoms with Gasteiger partial charge in [-0.25, -0.2) is 0 Å². The molecule has 0 spiro atoms. The summed E-state index contributed by atoms with van der Waals surface area (Å²) in [6, 6.07) is 32.7. The molecule has 0 unspecified atom stereocenters.